The summed E-state index contributed by atoms with van der Waals surface area (Å²) in [6.07, 6.45) is 5.02. The van der Waals surface area contributed by atoms with E-state index in [-0.39, 0.29) is 17.9 Å². The van der Waals surface area contributed by atoms with E-state index in [1.54, 1.807) is 12.4 Å². The van der Waals surface area contributed by atoms with Crippen molar-refractivity contribution in [2.75, 3.05) is 0 Å². The van der Waals surface area contributed by atoms with Gasteiger partial charge < -0.3 is 16.3 Å². The summed E-state index contributed by atoms with van der Waals surface area (Å²) in [6, 6.07) is 4.38. The van der Waals surface area contributed by atoms with Gasteiger partial charge in [0, 0.05) is 30.9 Å². The molecule has 0 aliphatic heterocycles. The van der Waals surface area contributed by atoms with E-state index in [2.05, 4.69) is 29.3 Å². The lowest BCUT2D eigenvalue weighted by atomic mass is 10.1. The minimum Gasteiger partial charge on any atom is -0.409 e. The van der Waals surface area contributed by atoms with Crippen molar-refractivity contribution in [3.63, 3.8) is 0 Å². The van der Waals surface area contributed by atoms with E-state index in [0.29, 0.717) is 6.42 Å². The molecule has 1 heterocycles. The van der Waals surface area contributed by atoms with Gasteiger partial charge in [-0.3, -0.25) is 4.98 Å². The summed E-state index contributed by atoms with van der Waals surface area (Å²) in [5.41, 5.74) is 6.69. The van der Waals surface area contributed by atoms with Crippen molar-refractivity contribution >= 4 is 5.84 Å². The molecule has 1 aromatic heterocycles. The molecule has 17 heavy (non-hydrogen) atoms. The number of amidine groups is 1. The molecule has 94 valence electrons. The van der Waals surface area contributed by atoms with Crippen LogP contribution in [0, 0.1) is 0 Å². The van der Waals surface area contributed by atoms with Crippen molar-refractivity contribution in [1.29, 1.82) is 0 Å². The minimum absolute atomic E-state index is 0.203. The van der Waals surface area contributed by atoms with Gasteiger partial charge in [0.25, 0.3) is 0 Å². The molecule has 0 saturated heterocycles. The first-order valence-corrected chi connectivity index (χ1v) is 5.79. The van der Waals surface area contributed by atoms with Gasteiger partial charge in [-0.1, -0.05) is 12.1 Å². The van der Waals surface area contributed by atoms with Gasteiger partial charge in [-0.05, 0) is 31.0 Å². The second-order valence-corrected chi connectivity index (χ2v) is 4.07. The average Bonchev–Trinajstić information content (AvgIpc) is 2.38. The van der Waals surface area contributed by atoms with Gasteiger partial charge in [0.1, 0.15) is 5.84 Å². The zero-order chi connectivity index (χ0) is 12.7. The van der Waals surface area contributed by atoms with E-state index in [4.69, 9.17) is 10.9 Å². The third-order valence-corrected chi connectivity index (χ3v) is 2.77. The molecule has 0 aromatic carbocycles. The standard InChI is InChI=1S/C12H20N4O/c1-3-11(8-12(13)16-17)15-9(2)10-4-6-14-7-5-10/h4-7,9,11,15,17H,3,8H2,1-2H3,(H2,13,16)/t9-,11?/m0/s1. The second kappa shape index (κ2) is 6.85. The smallest absolute Gasteiger partial charge is 0.140 e. The van der Waals surface area contributed by atoms with Gasteiger partial charge in [0.05, 0.1) is 0 Å². The molecule has 0 aliphatic rings. The molecule has 0 amide bonds. The van der Waals surface area contributed by atoms with Crippen molar-refractivity contribution in [2.24, 2.45) is 10.9 Å². The summed E-state index contributed by atoms with van der Waals surface area (Å²) in [7, 11) is 0. The molecule has 0 fully saturated rings. The van der Waals surface area contributed by atoms with Crippen LogP contribution >= 0.6 is 0 Å². The van der Waals surface area contributed by atoms with Crippen LogP contribution in [0.3, 0.4) is 0 Å². The van der Waals surface area contributed by atoms with Crippen LogP contribution in [0.15, 0.2) is 29.7 Å². The fourth-order valence-electron chi connectivity index (χ4n) is 1.72. The lowest BCUT2D eigenvalue weighted by Crippen LogP contribution is -2.34. The van der Waals surface area contributed by atoms with Gasteiger partial charge >= 0.3 is 0 Å². The Labute approximate surface area is 102 Å². The molecular weight excluding hydrogens is 216 g/mol. The number of hydrogen-bond donors (Lipinski definition) is 3. The Morgan fingerprint density at radius 3 is 2.71 bits per heavy atom. The maximum absolute atomic E-state index is 8.56. The highest BCUT2D eigenvalue weighted by molar-refractivity contribution is 5.80. The molecule has 0 spiro atoms. The van der Waals surface area contributed by atoms with Gasteiger partial charge in [-0.25, -0.2) is 0 Å². The van der Waals surface area contributed by atoms with Crippen LogP contribution in [-0.4, -0.2) is 22.1 Å². The molecule has 0 bridgehead atoms. The average molecular weight is 236 g/mol. The van der Waals surface area contributed by atoms with Crippen LogP contribution in [0.25, 0.3) is 0 Å². The Hall–Kier alpha value is -1.62. The predicted octanol–water partition coefficient (Wildman–Crippen LogP) is 1.65. The topological polar surface area (TPSA) is 83.5 Å². The van der Waals surface area contributed by atoms with Gasteiger partial charge in [0.2, 0.25) is 0 Å². The number of aromatic nitrogens is 1. The van der Waals surface area contributed by atoms with E-state index in [1.165, 1.54) is 5.56 Å². The first kappa shape index (κ1) is 13.4. The van der Waals surface area contributed by atoms with Crippen LogP contribution in [-0.2, 0) is 0 Å². The van der Waals surface area contributed by atoms with Crippen molar-refractivity contribution in [2.45, 2.75) is 38.8 Å². The number of nitrogens with one attached hydrogen (secondary N) is 1. The minimum atomic E-state index is 0.203. The van der Waals surface area contributed by atoms with Crippen LogP contribution in [0.5, 0.6) is 0 Å². The molecular formula is C12H20N4O. The van der Waals surface area contributed by atoms with Crippen molar-refractivity contribution in [1.82, 2.24) is 10.3 Å². The van der Waals surface area contributed by atoms with Gasteiger partial charge in [0.15, 0.2) is 0 Å². The Balaban J connectivity index is 2.57. The SMILES string of the molecule is CCC(C/C(N)=N/O)N[C@@H](C)c1ccncc1. The molecule has 2 atom stereocenters. The van der Waals surface area contributed by atoms with Gasteiger partial charge in [-0.2, -0.15) is 0 Å². The largest absolute Gasteiger partial charge is 0.409 e. The summed E-state index contributed by atoms with van der Waals surface area (Å²) < 4.78 is 0. The molecule has 0 saturated carbocycles. The predicted molar refractivity (Wildman–Crippen MR) is 67.9 cm³/mol. The first-order valence-electron chi connectivity index (χ1n) is 5.79. The monoisotopic (exact) mass is 236 g/mol. The molecule has 5 heteroatoms. The maximum atomic E-state index is 8.56. The van der Waals surface area contributed by atoms with E-state index >= 15 is 0 Å². The molecule has 0 aliphatic carbocycles. The normalized spacial score (nSPS) is 15.5. The second-order valence-electron chi connectivity index (χ2n) is 4.07. The number of nitrogens with zero attached hydrogens (tertiary/aromatic N) is 2. The summed E-state index contributed by atoms with van der Waals surface area (Å²) in [5, 5.41) is 15.0. The summed E-state index contributed by atoms with van der Waals surface area (Å²) in [5.74, 6) is 0.256. The fraction of sp³-hybridized carbons (Fsp3) is 0.500. The molecule has 1 aromatic rings. The zero-order valence-electron chi connectivity index (χ0n) is 10.3. The Morgan fingerprint density at radius 1 is 1.53 bits per heavy atom. The van der Waals surface area contributed by atoms with Crippen LogP contribution in [0.1, 0.15) is 38.3 Å². The van der Waals surface area contributed by atoms with Crippen molar-refractivity contribution in [3.8, 4) is 0 Å². The Kier molecular flexibility index (Phi) is 5.42. The quantitative estimate of drug-likeness (QED) is 0.303. The van der Waals surface area contributed by atoms with Crippen LogP contribution < -0.4 is 11.1 Å². The lowest BCUT2D eigenvalue weighted by Gasteiger charge is -2.22. The fourth-order valence-corrected chi connectivity index (χ4v) is 1.72. The van der Waals surface area contributed by atoms with Gasteiger partial charge in [-0.15, -0.1) is 0 Å². The number of oxime groups is 1. The van der Waals surface area contributed by atoms with E-state index in [0.717, 1.165) is 6.42 Å². The third-order valence-electron chi connectivity index (χ3n) is 2.77. The lowest BCUT2D eigenvalue weighted by molar-refractivity contribution is 0.315. The molecule has 1 rings (SSSR count). The number of pyridine rings is 1. The molecule has 0 radical (unpaired) electrons. The van der Waals surface area contributed by atoms with E-state index in [1.807, 2.05) is 12.1 Å². The first-order chi connectivity index (χ1) is 8.17. The summed E-state index contributed by atoms with van der Waals surface area (Å²) >= 11 is 0. The third kappa shape index (κ3) is 4.40. The van der Waals surface area contributed by atoms with Crippen LogP contribution in [0.4, 0.5) is 0 Å². The molecule has 5 nitrogen and oxygen atoms in total. The Morgan fingerprint density at radius 2 is 2.18 bits per heavy atom. The molecule has 4 N–H and O–H groups in total. The number of rotatable bonds is 6. The van der Waals surface area contributed by atoms with E-state index in [9.17, 15) is 0 Å². The summed E-state index contributed by atoms with van der Waals surface area (Å²) in [6.45, 7) is 4.16. The Bertz CT molecular complexity index is 353. The van der Waals surface area contributed by atoms with Crippen LogP contribution in [0.2, 0.25) is 0 Å². The van der Waals surface area contributed by atoms with E-state index < -0.39 is 0 Å². The maximum Gasteiger partial charge on any atom is 0.140 e. The number of nitrogens with two attached hydrogens (primary N) is 1. The highest BCUT2D eigenvalue weighted by Crippen LogP contribution is 2.13. The van der Waals surface area contributed by atoms with Crippen molar-refractivity contribution in [3.05, 3.63) is 30.1 Å². The number of hydrogen-bond acceptors (Lipinski definition) is 4. The molecule has 1 unspecified atom stereocenters. The highest BCUT2D eigenvalue weighted by atomic mass is 16.4. The highest BCUT2D eigenvalue weighted by Gasteiger charge is 2.13. The zero-order valence-corrected chi connectivity index (χ0v) is 10.3. The van der Waals surface area contributed by atoms with Crippen molar-refractivity contribution < 1.29 is 5.21 Å². The summed E-state index contributed by atoms with van der Waals surface area (Å²) in [4.78, 5) is 3.99.